The van der Waals surface area contributed by atoms with Gasteiger partial charge >= 0.3 is 5.97 Å². The number of rotatable bonds is 6. The molecule has 2 aromatic rings. The van der Waals surface area contributed by atoms with E-state index < -0.39 is 17.5 Å². The molecule has 0 aliphatic heterocycles. The van der Waals surface area contributed by atoms with Gasteiger partial charge < -0.3 is 9.84 Å². The molecule has 1 unspecified atom stereocenters. The summed E-state index contributed by atoms with van der Waals surface area (Å²) in [4.78, 5) is 23.3. The van der Waals surface area contributed by atoms with E-state index in [1.54, 1.807) is 0 Å². The largest absolute Gasteiger partial charge is 0.479 e. The third kappa shape index (κ3) is 3.60. The number of carbonyl (C=O) groups is 2. The Bertz CT molecular complexity index is 742. The van der Waals surface area contributed by atoms with Crippen molar-refractivity contribution >= 4 is 28.3 Å². The van der Waals surface area contributed by atoms with Crippen LogP contribution in [0.2, 0.25) is 0 Å². The number of benzene rings is 1. The normalized spacial score (nSPS) is 13.5. The fraction of sp³-hybridized carbons (Fsp3) is 0.375. The van der Waals surface area contributed by atoms with Gasteiger partial charge in [0.05, 0.1) is 0 Å². The summed E-state index contributed by atoms with van der Waals surface area (Å²) in [6, 6.07) is 7.92. The number of amides is 1. The predicted molar refractivity (Wildman–Crippen MR) is 91.1 cm³/mol. The molecule has 7 nitrogen and oxygen atoms in total. The Kier molecular flexibility index (Phi) is 5.30. The van der Waals surface area contributed by atoms with E-state index >= 15 is 0 Å². The molecule has 0 saturated carbocycles. The van der Waals surface area contributed by atoms with Crippen LogP contribution in [-0.4, -0.2) is 39.9 Å². The zero-order chi connectivity index (χ0) is 17.9. The van der Waals surface area contributed by atoms with Crippen molar-refractivity contribution in [2.24, 2.45) is 0 Å². The maximum Gasteiger partial charge on any atom is 0.345 e. The molecule has 0 bridgehead atoms. The predicted octanol–water partition coefficient (Wildman–Crippen LogP) is 2.76. The van der Waals surface area contributed by atoms with Gasteiger partial charge in [0.2, 0.25) is 10.7 Å². The lowest BCUT2D eigenvalue weighted by Gasteiger charge is -2.20. The second kappa shape index (κ2) is 7.06. The minimum absolute atomic E-state index is 0.215. The first-order valence-corrected chi connectivity index (χ1v) is 8.13. The summed E-state index contributed by atoms with van der Waals surface area (Å²) >= 11 is 1.16. The number of carbonyl (C=O) groups excluding carboxylic acids is 1. The molecule has 0 fully saturated rings. The summed E-state index contributed by atoms with van der Waals surface area (Å²) in [7, 11) is 1.16. The maximum absolute atomic E-state index is 12.1. The zero-order valence-corrected chi connectivity index (χ0v) is 14.7. The molecule has 0 spiro atoms. The molecule has 8 heteroatoms. The van der Waals surface area contributed by atoms with Crippen molar-refractivity contribution in [3.8, 4) is 10.6 Å². The highest BCUT2D eigenvalue weighted by Crippen LogP contribution is 2.28. The summed E-state index contributed by atoms with van der Waals surface area (Å²) in [5, 5.41) is 20.3. The molecular weight excluding hydrogens is 330 g/mol. The molecule has 0 aliphatic carbocycles. The summed E-state index contributed by atoms with van der Waals surface area (Å²) in [5.41, 5.74) is 0.115. The van der Waals surface area contributed by atoms with Gasteiger partial charge in [-0.2, -0.15) is 0 Å². The van der Waals surface area contributed by atoms with Crippen molar-refractivity contribution < 1.29 is 19.4 Å². The SMILES string of the molecule is COC(C)(C(=O)O)C(=O)Nc1nnc(-c2ccc(C(C)C)cc2)s1. The summed E-state index contributed by atoms with van der Waals surface area (Å²) < 4.78 is 4.81. The van der Waals surface area contributed by atoms with Crippen LogP contribution in [0.25, 0.3) is 10.6 Å². The van der Waals surface area contributed by atoms with E-state index in [1.165, 1.54) is 12.5 Å². The molecule has 128 valence electrons. The van der Waals surface area contributed by atoms with E-state index in [0.29, 0.717) is 10.9 Å². The number of methoxy groups -OCH3 is 1. The number of hydrogen-bond acceptors (Lipinski definition) is 6. The van der Waals surface area contributed by atoms with Gasteiger partial charge in [-0.05, 0) is 18.4 Å². The number of nitrogens with one attached hydrogen (secondary N) is 1. The fourth-order valence-electron chi connectivity index (χ4n) is 1.89. The quantitative estimate of drug-likeness (QED) is 0.778. The van der Waals surface area contributed by atoms with Gasteiger partial charge in [0, 0.05) is 12.7 Å². The lowest BCUT2D eigenvalue weighted by molar-refractivity contribution is -0.165. The van der Waals surface area contributed by atoms with E-state index in [1.807, 2.05) is 24.3 Å². The van der Waals surface area contributed by atoms with Gasteiger partial charge in [-0.3, -0.25) is 10.1 Å². The van der Waals surface area contributed by atoms with E-state index in [2.05, 4.69) is 29.4 Å². The molecule has 2 rings (SSSR count). The van der Waals surface area contributed by atoms with Crippen molar-refractivity contribution in [3.63, 3.8) is 0 Å². The first kappa shape index (κ1) is 18.0. The highest BCUT2D eigenvalue weighted by atomic mass is 32.1. The van der Waals surface area contributed by atoms with Crippen molar-refractivity contribution in [3.05, 3.63) is 29.8 Å². The number of carboxylic acid groups (broad SMARTS) is 1. The van der Waals surface area contributed by atoms with Gasteiger partial charge in [-0.15, -0.1) is 10.2 Å². The highest BCUT2D eigenvalue weighted by Gasteiger charge is 2.42. The summed E-state index contributed by atoms with van der Waals surface area (Å²) in [6.45, 7) is 5.41. The molecule has 1 amide bonds. The molecule has 24 heavy (non-hydrogen) atoms. The smallest absolute Gasteiger partial charge is 0.345 e. The van der Waals surface area contributed by atoms with E-state index in [9.17, 15) is 9.59 Å². The molecule has 0 saturated heterocycles. The standard InChI is InChI=1S/C16H19N3O4S/c1-9(2)10-5-7-11(8-6-10)12-18-19-15(24-12)17-13(20)16(3,23-4)14(21)22/h5-9H,1-4H3,(H,21,22)(H,17,19,20). The van der Waals surface area contributed by atoms with Gasteiger partial charge in [-0.1, -0.05) is 49.4 Å². The number of aromatic nitrogens is 2. The second-order valence-corrected chi connectivity index (χ2v) is 6.66. The third-order valence-corrected chi connectivity index (χ3v) is 4.61. The Labute approximate surface area is 143 Å². The van der Waals surface area contributed by atoms with Crippen LogP contribution in [0.5, 0.6) is 0 Å². The summed E-state index contributed by atoms with van der Waals surface area (Å²) in [5.74, 6) is -1.75. The van der Waals surface area contributed by atoms with Crippen LogP contribution < -0.4 is 5.32 Å². The van der Waals surface area contributed by atoms with E-state index in [-0.39, 0.29) is 5.13 Å². The molecule has 1 aromatic heterocycles. The zero-order valence-electron chi connectivity index (χ0n) is 13.9. The summed E-state index contributed by atoms with van der Waals surface area (Å²) in [6.07, 6.45) is 0. The molecule has 1 heterocycles. The molecule has 0 radical (unpaired) electrons. The number of ether oxygens (including phenoxy) is 1. The van der Waals surface area contributed by atoms with Crippen molar-refractivity contribution in [1.82, 2.24) is 10.2 Å². The number of anilines is 1. The number of carboxylic acids is 1. The number of nitrogens with zero attached hydrogens (tertiary/aromatic N) is 2. The van der Waals surface area contributed by atoms with Crippen LogP contribution >= 0.6 is 11.3 Å². The number of hydrogen-bond donors (Lipinski definition) is 2. The molecule has 1 atom stereocenters. The van der Waals surface area contributed by atoms with Crippen molar-refractivity contribution in [2.75, 3.05) is 12.4 Å². The van der Waals surface area contributed by atoms with Crippen molar-refractivity contribution in [1.29, 1.82) is 0 Å². The Balaban J connectivity index is 2.16. The monoisotopic (exact) mass is 349 g/mol. The Morgan fingerprint density at radius 1 is 1.25 bits per heavy atom. The molecule has 1 aromatic carbocycles. The van der Waals surface area contributed by atoms with Crippen LogP contribution in [0, 0.1) is 0 Å². The Hall–Kier alpha value is -2.32. The van der Waals surface area contributed by atoms with Crippen LogP contribution in [0.3, 0.4) is 0 Å². The number of aliphatic carboxylic acids is 1. The first-order valence-electron chi connectivity index (χ1n) is 7.31. The lowest BCUT2D eigenvalue weighted by Crippen LogP contribution is -2.48. The molecule has 2 N–H and O–H groups in total. The first-order chi connectivity index (χ1) is 11.3. The van der Waals surface area contributed by atoms with Gasteiger partial charge in [0.15, 0.2) is 0 Å². The lowest BCUT2D eigenvalue weighted by atomic mass is 10.0. The van der Waals surface area contributed by atoms with Gasteiger partial charge in [0.25, 0.3) is 5.91 Å². The maximum atomic E-state index is 12.1. The Morgan fingerprint density at radius 2 is 1.88 bits per heavy atom. The Morgan fingerprint density at radius 3 is 2.38 bits per heavy atom. The van der Waals surface area contributed by atoms with Crippen LogP contribution in [0.15, 0.2) is 24.3 Å². The van der Waals surface area contributed by atoms with Crippen LogP contribution in [-0.2, 0) is 14.3 Å². The van der Waals surface area contributed by atoms with Gasteiger partial charge in [0.1, 0.15) is 5.01 Å². The molecule has 0 aliphatic rings. The topological polar surface area (TPSA) is 101 Å². The second-order valence-electron chi connectivity index (χ2n) is 5.69. The van der Waals surface area contributed by atoms with Crippen LogP contribution in [0.1, 0.15) is 32.3 Å². The third-order valence-electron chi connectivity index (χ3n) is 3.72. The van der Waals surface area contributed by atoms with E-state index in [4.69, 9.17) is 9.84 Å². The molecular formula is C16H19N3O4S. The average molecular weight is 349 g/mol. The van der Waals surface area contributed by atoms with Gasteiger partial charge in [-0.25, -0.2) is 4.79 Å². The van der Waals surface area contributed by atoms with E-state index in [0.717, 1.165) is 24.0 Å². The van der Waals surface area contributed by atoms with Crippen molar-refractivity contribution in [2.45, 2.75) is 32.3 Å². The minimum Gasteiger partial charge on any atom is -0.479 e. The van der Waals surface area contributed by atoms with Crippen LogP contribution in [0.4, 0.5) is 5.13 Å². The minimum atomic E-state index is -1.98. The fourth-order valence-corrected chi connectivity index (χ4v) is 2.64. The highest BCUT2D eigenvalue weighted by molar-refractivity contribution is 7.18. The average Bonchev–Trinajstić information content (AvgIpc) is 3.02.